The minimum atomic E-state index is 0.730. The van der Waals surface area contributed by atoms with Crippen molar-refractivity contribution < 1.29 is 4.42 Å². The van der Waals surface area contributed by atoms with Gasteiger partial charge in [0.25, 0.3) is 0 Å². The van der Waals surface area contributed by atoms with Crippen molar-refractivity contribution in [1.29, 1.82) is 0 Å². The van der Waals surface area contributed by atoms with Crippen LogP contribution < -0.4 is 0 Å². The van der Waals surface area contributed by atoms with Gasteiger partial charge in [0.15, 0.2) is 11.4 Å². The van der Waals surface area contributed by atoms with Crippen molar-refractivity contribution in [3.05, 3.63) is 140 Å². The molecule has 4 nitrogen and oxygen atoms in total. The molecule has 210 valence electrons. The molecular formula is C40H23N3OS. The lowest BCUT2D eigenvalue weighted by Gasteiger charge is -2.11. The fourth-order valence-electron chi connectivity index (χ4n) is 6.79. The van der Waals surface area contributed by atoms with Gasteiger partial charge >= 0.3 is 0 Å². The molecule has 0 spiro atoms. The Labute approximate surface area is 261 Å². The van der Waals surface area contributed by atoms with E-state index in [0.717, 1.165) is 76.9 Å². The van der Waals surface area contributed by atoms with Crippen LogP contribution in [0.2, 0.25) is 0 Å². The molecule has 0 amide bonds. The second-order valence-corrected chi connectivity index (χ2v) is 12.4. The summed E-state index contributed by atoms with van der Waals surface area (Å²) in [6, 6.07) is 48.8. The lowest BCUT2D eigenvalue weighted by molar-refractivity contribution is 0.671. The van der Waals surface area contributed by atoms with Crippen molar-refractivity contribution in [2.24, 2.45) is 0 Å². The number of hydrogen-bond acceptors (Lipinski definition) is 4. The third kappa shape index (κ3) is 3.59. The molecule has 0 radical (unpaired) electrons. The van der Waals surface area contributed by atoms with Crippen LogP contribution in [0.15, 0.2) is 144 Å². The molecule has 0 N–H and O–H groups in total. The topological polar surface area (TPSA) is 43.9 Å². The van der Waals surface area contributed by atoms with Crippen molar-refractivity contribution in [2.45, 2.75) is 0 Å². The summed E-state index contributed by atoms with van der Waals surface area (Å²) in [6.07, 6.45) is 0. The molecule has 0 saturated carbocycles. The molecule has 4 aromatic heterocycles. The van der Waals surface area contributed by atoms with Gasteiger partial charge in [-0.2, -0.15) is 0 Å². The summed E-state index contributed by atoms with van der Waals surface area (Å²) in [7, 11) is 0. The fraction of sp³-hybridized carbons (Fsp3) is 0. The molecule has 4 heterocycles. The van der Waals surface area contributed by atoms with E-state index in [1.165, 1.54) is 15.5 Å². The highest BCUT2D eigenvalue weighted by Crippen LogP contribution is 2.42. The SMILES string of the molecule is c1ccc(-c2nc(-c3cccc(-n4c5ccccc5c5ccc6c7ccccc7oc6c54)c3)c3sc4ccccc4c3n2)cc1. The standard InChI is InChI=1S/C40H23N3OS/c1-2-11-24(12-3-1)40-41-35(39-36(42-40)31-17-6-9-20-34(31)45-39)25-13-10-14-26(23-25)43-32-18-7-4-15-27(32)29-21-22-30-28-16-5-8-19-33(28)44-38(30)37(29)43/h1-23H. The van der Waals surface area contributed by atoms with Gasteiger partial charge in [-0.05, 0) is 36.4 Å². The minimum absolute atomic E-state index is 0.730. The van der Waals surface area contributed by atoms with Gasteiger partial charge in [-0.3, -0.25) is 0 Å². The van der Waals surface area contributed by atoms with Crippen LogP contribution in [0.1, 0.15) is 0 Å². The molecule has 0 aliphatic rings. The van der Waals surface area contributed by atoms with E-state index in [-0.39, 0.29) is 0 Å². The van der Waals surface area contributed by atoms with Gasteiger partial charge in [0.05, 0.1) is 26.9 Å². The zero-order valence-electron chi connectivity index (χ0n) is 23.9. The first kappa shape index (κ1) is 24.6. The van der Waals surface area contributed by atoms with E-state index in [2.05, 4.69) is 114 Å². The van der Waals surface area contributed by atoms with Crippen LogP contribution in [-0.2, 0) is 0 Å². The summed E-state index contributed by atoms with van der Waals surface area (Å²) in [5.74, 6) is 0.730. The molecule has 5 heteroatoms. The summed E-state index contributed by atoms with van der Waals surface area (Å²) in [4.78, 5) is 10.3. The van der Waals surface area contributed by atoms with E-state index < -0.39 is 0 Å². The van der Waals surface area contributed by atoms with Gasteiger partial charge in [-0.25, -0.2) is 9.97 Å². The zero-order valence-corrected chi connectivity index (χ0v) is 24.8. The molecule has 0 fully saturated rings. The summed E-state index contributed by atoms with van der Waals surface area (Å²) in [5, 5.41) is 5.77. The van der Waals surface area contributed by atoms with Crippen LogP contribution in [-0.4, -0.2) is 14.5 Å². The number of nitrogens with zero attached hydrogens (tertiary/aromatic N) is 3. The third-order valence-electron chi connectivity index (χ3n) is 8.81. The average molecular weight is 594 g/mol. The summed E-state index contributed by atoms with van der Waals surface area (Å²) >= 11 is 1.75. The minimum Gasteiger partial charge on any atom is -0.454 e. The fourth-order valence-corrected chi connectivity index (χ4v) is 7.95. The highest BCUT2D eigenvalue weighted by atomic mass is 32.1. The molecule has 0 saturated heterocycles. The number of rotatable bonds is 3. The van der Waals surface area contributed by atoms with E-state index in [1.807, 2.05) is 30.3 Å². The number of hydrogen-bond donors (Lipinski definition) is 0. The second kappa shape index (κ2) is 9.36. The highest BCUT2D eigenvalue weighted by Gasteiger charge is 2.21. The number of benzene rings is 6. The van der Waals surface area contributed by atoms with Crippen LogP contribution in [0.25, 0.3) is 92.4 Å². The van der Waals surface area contributed by atoms with Gasteiger partial charge in [0.2, 0.25) is 0 Å². The van der Waals surface area contributed by atoms with Crippen molar-refractivity contribution in [3.63, 3.8) is 0 Å². The number of furan rings is 1. The van der Waals surface area contributed by atoms with Crippen LogP contribution in [0.5, 0.6) is 0 Å². The quantitative estimate of drug-likeness (QED) is 0.205. The molecule has 0 aliphatic heterocycles. The molecule has 0 atom stereocenters. The van der Waals surface area contributed by atoms with Gasteiger partial charge < -0.3 is 8.98 Å². The van der Waals surface area contributed by atoms with E-state index in [1.54, 1.807) is 11.3 Å². The Morgan fingerprint density at radius 3 is 2.20 bits per heavy atom. The maximum absolute atomic E-state index is 6.59. The largest absolute Gasteiger partial charge is 0.454 e. The zero-order chi connectivity index (χ0) is 29.5. The van der Waals surface area contributed by atoms with Gasteiger partial charge in [0.1, 0.15) is 5.58 Å². The Morgan fingerprint density at radius 2 is 1.29 bits per heavy atom. The summed E-state index contributed by atoms with van der Waals surface area (Å²) < 4.78 is 11.2. The van der Waals surface area contributed by atoms with Gasteiger partial charge in [-0.1, -0.05) is 103 Å². The average Bonchev–Trinajstić information content (AvgIpc) is 3.78. The Hall–Kier alpha value is -5.78. The monoisotopic (exact) mass is 593 g/mol. The maximum atomic E-state index is 6.59. The van der Waals surface area contributed by atoms with Crippen LogP contribution in [0.4, 0.5) is 0 Å². The molecule has 10 aromatic rings. The lowest BCUT2D eigenvalue weighted by atomic mass is 10.1. The molecule has 0 unspecified atom stereocenters. The lowest BCUT2D eigenvalue weighted by Crippen LogP contribution is -1.97. The maximum Gasteiger partial charge on any atom is 0.160 e. The smallest absolute Gasteiger partial charge is 0.160 e. The molecule has 10 rings (SSSR count). The van der Waals surface area contributed by atoms with Crippen LogP contribution >= 0.6 is 11.3 Å². The number of aromatic nitrogens is 3. The Kier molecular flexibility index (Phi) is 5.12. The first-order valence-corrected chi connectivity index (χ1v) is 15.8. The van der Waals surface area contributed by atoms with Crippen LogP contribution in [0, 0.1) is 0 Å². The molecule has 6 aromatic carbocycles. The van der Waals surface area contributed by atoms with E-state index in [0.29, 0.717) is 0 Å². The summed E-state index contributed by atoms with van der Waals surface area (Å²) in [6.45, 7) is 0. The molecular weight excluding hydrogens is 571 g/mol. The normalized spacial score (nSPS) is 12.0. The van der Waals surface area contributed by atoms with Gasteiger partial charge in [0, 0.05) is 48.4 Å². The van der Waals surface area contributed by atoms with E-state index in [9.17, 15) is 0 Å². The van der Waals surface area contributed by atoms with Gasteiger partial charge in [-0.15, -0.1) is 11.3 Å². The second-order valence-electron chi connectivity index (χ2n) is 11.4. The van der Waals surface area contributed by atoms with E-state index >= 15 is 0 Å². The molecule has 0 bridgehead atoms. The first-order valence-electron chi connectivity index (χ1n) is 15.0. The Morgan fingerprint density at radius 1 is 0.556 bits per heavy atom. The van der Waals surface area contributed by atoms with Crippen molar-refractivity contribution in [2.75, 3.05) is 0 Å². The van der Waals surface area contributed by atoms with Crippen molar-refractivity contribution in [3.8, 4) is 28.3 Å². The Bertz CT molecular complexity index is 2770. The summed E-state index contributed by atoms with van der Waals surface area (Å²) in [5.41, 5.74) is 9.04. The highest BCUT2D eigenvalue weighted by molar-refractivity contribution is 7.26. The van der Waals surface area contributed by atoms with E-state index in [4.69, 9.17) is 14.4 Å². The van der Waals surface area contributed by atoms with Crippen LogP contribution in [0.3, 0.4) is 0 Å². The molecule has 45 heavy (non-hydrogen) atoms. The predicted molar refractivity (Wildman–Crippen MR) is 187 cm³/mol. The number of fused-ring (bicyclic) bond motifs is 10. The predicted octanol–water partition coefficient (Wildman–Crippen LogP) is 11.2. The first-order chi connectivity index (χ1) is 22.3. The Balaban J connectivity index is 1.28. The van der Waals surface area contributed by atoms with Crippen molar-refractivity contribution in [1.82, 2.24) is 14.5 Å². The number of para-hydroxylation sites is 2. The molecule has 0 aliphatic carbocycles. The number of thiophene rings is 1. The third-order valence-corrected chi connectivity index (χ3v) is 9.98. The van der Waals surface area contributed by atoms with Crippen molar-refractivity contribution >= 4 is 75.4 Å².